The van der Waals surface area contributed by atoms with Crippen molar-refractivity contribution in [2.24, 2.45) is 0 Å². The lowest BCUT2D eigenvalue weighted by Crippen LogP contribution is -1.78. The molecule has 0 aliphatic rings. The predicted molar refractivity (Wildman–Crippen MR) is 94.8 cm³/mol. The molecule has 0 aliphatic carbocycles. The van der Waals surface area contributed by atoms with Crippen molar-refractivity contribution in [1.82, 2.24) is 0 Å². The monoisotopic (exact) mass is 274 g/mol. The van der Waals surface area contributed by atoms with Gasteiger partial charge in [0.2, 0.25) is 0 Å². The predicted octanol–water partition coefficient (Wildman–Crippen LogP) is 6.91. The first-order valence-electron chi connectivity index (χ1n) is 7.46. The maximum absolute atomic E-state index is 5.63. The SMILES string of the molecule is C=C/C=C\c1c(C)oc(C=C)c1/C=C\CC.CC.CC. The van der Waals surface area contributed by atoms with Crippen LogP contribution in [0, 0.1) is 6.92 Å². The zero-order chi connectivity index (χ0) is 16.0. The molecule has 1 heteroatoms. The molecule has 20 heavy (non-hydrogen) atoms. The number of allylic oxidation sites excluding steroid dienone is 3. The van der Waals surface area contributed by atoms with E-state index in [1.165, 1.54) is 0 Å². The third-order valence-electron chi connectivity index (χ3n) is 2.30. The van der Waals surface area contributed by atoms with Gasteiger partial charge < -0.3 is 4.42 Å². The van der Waals surface area contributed by atoms with Crippen LogP contribution < -0.4 is 0 Å². The van der Waals surface area contributed by atoms with Crippen molar-refractivity contribution in [2.45, 2.75) is 48.0 Å². The van der Waals surface area contributed by atoms with Gasteiger partial charge in [-0.25, -0.2) is 0 Å². The van der Waals surface area contributed by atoms with Crippen LogP contribution in [0.1, 0.15) is 63.7 Å². The highest BCUT2D eigenvalue weighted by Gasteiger charge is 2.10. The van der Waals surface area contributed by atoms with Crippen molar-refractivity contribution in [2.75, 3.05) is 0 Å². The standard InChI is InChI=1S/C15H18O.2C2H6/c1-5-8-10-13-12(4)16-15(7-3)14(13)11-9-6-2;2*1-2/h5,7-11H,1,3,6H2,2,4H3;2*1-2H3/b10-8-,11-9-;;. The number of hydrogen-bond acceptors (Lipinski definition) is 1. The molecule has 0 N–H and O–H groups in total. The summed E-state index contributed by atoms with van der Waals surface area (Å²) in [5, 5.41) is 0. The lowest BCUT2D eigenvalue weighted by molar-refractivity contribution is 0.524. The Morgan fingerprint density at radius 1 is 1.00 bits per heavy atom. The lowest BCUT2D eigenvalue weighted by Gasteiger charge is -1.93. The van der Waals surface area contributed by atoms with Crippen LogP contribution in [0.4, 0.5) is 0 Å². The molecule has 1 heterocycles. The molecule has 0 saturated carbocycles. The second-order valence-corrected chi connectivity index (χ2v) is 3.46. The van der Waals surface area contributed by atoms with Gasteiger partial charge in [-0.05, 0) is 19.4 Å². The first-order chi connectivity index (χ1) is 9.74. The maximum Gasteiger partial charge on any atom is 0.134 e. The zero-order valence-electron chi connectivity index (χ0n) is 14.0. The maximum atomic E-state index is 5.63. The van der Waals surface area contributed by atoms with E-state index in [-0.39, 0.29) is 0 Å². The Hall–Kier alpha value is -1.76. The largest absolute Gasteiger partial charge is 0.461 e. The molecule has 0 bridgehead atoms. The summed E-state index contributed by atoms with van der Waals surface area (Å²) < 4.78 is 5.63. The van der Waals surface area contributed by atoms with Gasteiger partial charge in [0, 0.05) is 11.1 Å². The summed E-state index contributed by atoms with van der Waals surface area (Å²) in [7, 11) is 0. The first kappa shape index (κ1) is 20.6. The highest BCUT2D eigenvalue weighted by molar-refractivity contribution is 5.73. The molecule has 0 amide bonds. The minimum absolute atomic E-state index is 0.825. The second-order valence-electron chi connectivity index (χ2n) is 3.46. The number of furan rings is 1. The molecule has 0 saturated heterocycles. The molecule has 1 rings (SSSR count). The van der Waals surface area contributed by atoms with E-state index < -0.39 is 0 Å². The van der Waals surface area contributed by atoms with E-state index in [0.717, 1.165) is 29.1 Å². The second kappa shape index (κ2) is 13.7. The number of hydrogen-bond donors (Lipinski definition) is 0. The van der Waals surface area contributed by atoms with Crippen molar-refractivity contribution in [1.29, 1.82) is 0 Å². The van der Waals surface area contributed by atoms with E-state index in [2.05, 4.69) is 32.2 Å². The molecule has 1 nitrogen and oxygen atoms in total. The van der Waals surface area contributed by atoms with Gasteiger partial charge in [-0.2, -0.15) is 0 Å². The summed E-state index contributed by atoms with van der Waals surface area (Å²) in [6.45, 7) is 19.5. The minimum atomic E-state index is 0.825. The van der Waals surface area contributed by atoms with Gasteiger partial charge in [-0.15, -0.1) is 0 Å². The molecule has 1 aromatic heterocycles. The Balaban J connectivity index is 0. The van der Waals surface area contributed by atoms with Crippen LogP contribution in [0.5, 0.6) is 0 Å². The summed E-state index contributed by atoms with van der Waals surface area (Å²) in [5.74, 6) is 1.73. The normalized spacial score (nSPS) is 9.70. The lowest BCUT2D eigenvalue weighted by atomic mass is 10.1. The molecular weight excluding hydrogens is 244 g/mol. The van der Waals surface area contributed by atoms with E-state index in [0.29, 0.717) is 0 Å². The Kier molecular flexibility index (Phi) is 14.0. The van der Waals surface area contributed by atoms with Gasteiger partial charge in [0.25, 0.3) is 0 Å². The Morgan fingerprint density at radius 3 is 2.05 bits per heavy atom. The molecule has 0 spiro atoms. The minimum Gasteiger partial charge on any atom is -0.461 e. The van der Waals surface area contributed by atoms with Crippen LogP contribution in [0.25, 0.3) is 18.2 Å². The summed E-state index contributed by atoms with van der Waals surface area (Å²) in [6.07, 6.45) is 12.6. The van der Waals surface area contributed by atoms with Crippen LogP contribution in [0.3, 0.4) is 0 Å². The summed E-state index contributed by atoms with van der Waals surface area (Å²) in [4.78, 5) is 0. The van der Waals surface area contributed by atoms with E-state index >= 15 is 0 Å². The average Bonchev–Trinajstić information content (AvgIpc) is 2.82. The van der Waals surface area contributed by atoms with Gasteiger partial charge in [0.1, 0.15) is 11.5 Å². The summed E-state index contributed by atoms with van der Waals surface area (Å²) in [5.41, 5.74) is 2.19. The number of aryl methyl sites for hydroxylation is 1. The quantitative estimate of drug-likeness (QED) is 0.532. The van der Waals surface area contributed by atoms with Gasteiger partial charge in [0.15, 0.2) is 0 Å². The topological polar surface area (TPSA) is 13.1 Å². The van der Waals surface area contributed by atoms with Crippen molar-refractivity contribution < 1.29 is 4.42 Å². The highest BCUT2D eigenvalue weighted by atomic mass is 16.3. The zero-order valence-corrected chi connectivity index (χ0v) is 14.0. The van der Waals surface area contributed by atoms with Gasteiger partial charge in [0.05, 0.1) is 0 Å². The summed E-state index contributed by atoms with van der Waals surface area (Å²) >= 11 is 0. The fourth-order valence-electron chi connectivity index (χ4n) is 1.53. The van der Waals surface area contributed by atoms with Crippen LogP contribution in [0.15, 0.2) is 35.8 Å². The van der Waals surface area contributed by atoms with Gasteiger partial charge >= 0.3 is 0 Å². The Bertz CT molecular complexity index is 431. The van der Waals surface area contributed by atoms with Crippen molar-refractivity contribution in [3.63, 3.8) is 0 Å². The van der Waals surface area contributed by atoms with Crippen LogP contribution in [-0.2, 0) is 0 Å². The van der Waals surface area contributed by atoms with Crippen molar-refractivity contribution in [3.05, 3.63) is 54.0 Å². The molecule has 0 aromatic carbocycles. The van der Waals surface area contributed by atoms with E-state index in [4.69, 9.17) is 4.42 Å². The summed E-state index contributed by atoms with van der Waals surface area (Å²) in [6, 6.07) is 0. The smallest absolute Gasteiger partial charge is 0.134 e. The fraction of sp³-hybridized carbons (Fsp3) is 0.368. The molecule has 1 aromatic rings. The van der Waals surface area contributed by atoms with Crippen LogP contribution in [0.2, 0.25) is 0 Å². The molecule has 0 radical (unpaired) electrons. The fourth-order valence-corrected chi connectivity index (χ4v) is 1.53. The highest BCUT2D eigenvalue weighted by Crippen LogP contribution is 2.26. The van der Waals surface area contributed by atoms with Crippen molar-refractivity contribution in [3.8, 4) is 0 Å². The molecule has 0 unspecified atom stereocenters. The first-order valence-corrected chi connectivity index (χ1v) is 7.46. The molecule has 0 aliphatic heterocycles. The van der Waals surface area contributed by atoms with Crippen LogP contribution >= 0.6 is 0 Å². The Labute approximate surface area is 125 Å². The van der Waals surface area contributed by atoms with E-state index in [9.17, 15) is 0 Å². The third kappa shape index (κ3) is 6.42. The van der Waals surface area contributed by atoms with Gasteiger partial charge in [-0.1, -0.05) is 78.2 Å². The average molecular weight is 274 g/mol. The van der Waals surface area contributed by atoms with Crippen molar-refractivity contribution >= 4 is 18.2 Å². The molecule has 112 valence electrons. The van der Waals surface area contributed by atoms with E-state index in [1.807, 2.05) is 46.8 Å². The molecule has 0 atom stereocenters. The van der Waals surface area contributed by atoms with Gasteiger partial charge in [-0.3, -0.25) is 0 Å². The Morgan fingerprint density at radius 2 is 1.60 bits per heavy atom. The molecular formula is C19H30O. The van der Waals surface area contributed by atoms with E-state index in [1.54, 1.807) is 12.2 Å². The third-order valence-corrected chi connectivity index (χ3v) is 2.30. The molecule has 0 fully saturated rings. The van der Waals surface area contributed by atoms with Crippen LogP contribution in [-0.4, -0.2) is 0 Å². The number of rotatable bonds is 5.